The molecule has 0 fully saturated rings. The second-order valence-electron chi connectivity index (χ2n) is 3.58. The zero-order chi connectivity index (χ0) is 12.7. The van der Waals surface area contributed by atoms with Crippen LogP contribution in [0.4, 0.5) is 0 Å². The molecular weight excluding hydrogens is 220 g/mol. The number of carbonyl (C=O) groups is 2. The molecule has 0 saturated carbocycles. The van der Waals surface area contributed by atoms with Crippen molar-refractivity contribution in [1.29, 1.82) is 0 Å². The van der Waals surface area contributed by atoms with E-state index in [1.165, 1.54) is 6.07 Å². The molecule has 92 valence electrons. The second kappa shape index (κ2) is 6.52. The predicted molar refractivity (Wildman–Crippen MR) is 63.5 cm³/mol. The van der Waals surface area contributed by atoms with Crippen molar-refractivity contribution in [3.8, 4) is 5.75 Å². The molecule has 0 aromatic heterocycles. The van der Waals surface area contributed by atoms with Gasteiger partial charge in [0.15, 0.2) is 0 Å². The number of nitrogens with one attached hydrogen (secondary N) is 2. The average Bonchev–Trinajstić information content (AvgIpc) is 2.32. The van der Waals surface area contributed by atoms with Crippen LogP contribution in [-0.2, 0) is 16.0 Å². The first-order valence-electron chi connectivity index (χ1n) is 5.37. The van der Waals surface area contributed by atoms with Crippen LogP contribution in [0.2, 0.25) is 0 Å². The van der Waals surface area contributed by atoms with Crippen molar-refractivity contribution in [3.05, 3.63) is 29.8 Å². The molecule has 0 spiro atoms. The Balaban J connectivity index is 2.35. The second-order valence-corrected chi connectivity index (χ2v) is 3.58. The van der Waals surface area contributed by atoms with Gasteiger partial charge in [-0.3, -0.25) is 9.59 Å². The van der Waals surface area contributed by atoms with Crippen molar-refractivity contribution in [1.82, 2.24) is 10.6 Å². The van der Waals surface area contributed by atoms with Crippen LogP contribution in [0.1, 0.15) is 12.0 Å². The van der Waals surface area contributed by atoms with Crippen molar-refractivity contribution < 1.29 is 14.7 Å². The number of phenolic OH excluding ortho intramolecular Hbond substituents is 1. The predicted octanol–water partition coefficient (Wildman–Crippen LogP) is 0.187. The van der Waals surface area contributed by atoms with Crippen LogP contribution in [0, 0.1) is 0 Å². The van der Waals surface area contributed by atoms with Crippen LogP contribution >= 0.6 is 0 Å². The van der Waals surface area contributed by atoms with E-state index in [4.69, 9.17) is 0 Å². The van der Waals surface area contributed by atoms with E-state index in [1.807, 2.05) is 0 Å². The smallest absolute Gasteiger partial charge is 0.224 e. The highest BCUT2D eigenvalue weighted by atomic mass is 16.3. The SMILES string of the molecule is CNC(=O)CCNC(=O)Cc1ccccc1O. The number of benzene rings is 1. The van der Waals surface area contributed by atoms with Gasteiger partial charge in [-0.05, 0) is 6.07 Å². The summed E-state index contributed by atoms with van der Waals surface area (Å²) in [7, 11) is 1.55. The molecule has 0 aliphatic rings. The van der Waals surface area contributed by atoms with Crippen LogP contribution in [0.3, 0.4) is 0 Å². The summed E-state index contributed by atoms with van der Waals surface area (Å²) in [6.07, 6.45) is 0.365. The number of para-hydroxylation sites is 1. The van der Waals surface area contributed by atoms with Crippen molar-refractivity contribution in [2.24, 2.45) is 0 Å². The van der Waals surface area contributed by atoms with Gasteiger partial charge in [0.1, 0.15) is 5.75 Å². The van der Waals surface area contributed by atoms with E-state index in [1.54, 1.807) is 25.2 Å². The molecular formula is C12H16N2O3. The zero-order valence-corrected chi connectivity index (χ0v) is 9.69. The quantitative estimate of drug-likeness (QED) is 0.682. The van der Waals surface area contributed by atoms with Crippen LogP contribution in [0.25, 0.3) is 0 Å². The van der Waals surface area contributed by atoms with E-state index in [0.29, 0.717) is 12.1 Å². The molecule has 0 saturated heterocycles. The van der Waals surface area contributed by atoms with Gasteiger partial charge in [0.2, 0.25) is 11.8 Å². The number of amides is 2. The fraction of sp³-hybridized carbons (Fsp3) is 0.333. The highest BCUT2D eigenvalue weighted by molar-refractivity contribution is 5.80. The van der Waals surface area contributed by atoms with Crippen LogP contribution in [0.15, 0.2) is 24.3 Å². The lowest BCUT2D eigenvalue weighted by molar-refractivity contribution is -0.121. The maximum Gasteiger partial charge on any atom is 0.224 e. The summed E-state index contributed by atoms with van der Waals surface area (Å²) in [5.41, 5.74) is 0.574. The molecule has 0 unspecified atom stereocenters. The first-order chi connectivity index (χ1) is 8.13. The summed E-state index contributed by atoms with van der Waals surface area (Å²) in [6, 6.07) is 6.68. The van der Waals surface area contributed by atoms with Gasteiger partial charge in [-0.15, -0.1) is 0 Å². The lowest BCUT2D eigenvalue weighted by Crippen LogP contribution is -2.30. The lowest BCUT2D eigenvalue weighted by atomic mass is 10.1. The van der Waals surface area contributed by atoms with Crippen LogP contribution in [-0.4, -0.2) is 30.5 Å². The van der Waals surface area contributed by atoms with E-state index >= 15 is 0 Å². The molecule has 1 rings (SSSR count). The van der Waals surface area contributed by atoms with Crippen molar-refractivity contribution >= 4 is 11.8 Å². The Labute approximate surface area is 99.8 Å². The van der Waals surface area contributed by atoms with Gasteiger partial charge in [0.25, 0.3) is 0 Å². The van der Waals surface area contributed by atoms with Crippen molar-refractivity contribution in [2.45, 2.75) is 12.8 Å². The highest BCUT2D eigenvalue weighted by Crippen LogP contribution is 2.15. The number of phenols is 1. The van der Waals surface area contributed by atoms with E-state index in [2.05, 4.69) is 10.6 Å². The fourth-order valence-electron chi connectivity index (χ4n) is 1.34. The Kier molecular flexibility index (Phi) is 5.00. The van der Waals surface area contributed by atoms with Gasteiger partial charge < -0.3 is 15.7 Å². The van der Waals surface area contributed by atoms with E-state index < -0.39 is 0 Å². The molecule has 2 amide bonds. The molecule has 0 heterocycles. The molecule has 0 atom stereocenters. The molecule has 1 aromatic carbocycles. The maximum absolute atomic E-state index is 11.5. The van der Waals surface area contributed by atoms with Gasteiger partial charge in [-0.2, -0.15) is 0 Å². The van der Waals surface area contributed by atoms with Gasteiger partial charge in [-0.1, -0.05) is 18.2 Å². The minimum atomic E-state index is -0.213. The van der Waals surface area contributed by atoms with Crippen molar-refractivity contribution in [3.63, 3.8) is 0 Å². The Morgan fingerprint density at radius 3 is 2.59 bits per heavy atom. The first-order valence-corrected chi connectivity index (χ1v) is 5.37. The Morgan fingerprint density at radius 2 is 1.94 bits per heavy atom. The summed E-state index contributed by atoms with van der Waals surface area (Å²) >= 11 is 0. The summed E-state index contributed by atoms with van der Waals surface area (Å²) < 4.78 is 0. The van der Waals surface area contributed by atoms with Gasteiger partial charge in [0, 0.05) is 25.6 Å². The number of rotatable bonds is 5. The Bertz CT molecular complexity index is 404. The third kappa shape index (κ3) is 4.55. The largest absolute Gasteiger partial charge is 0.508 e. The normalized spacial score (nSPS) is 9.71. The van der Waals surface area contributed by atoms with E-state index in [0.717, 1.165) is 0 Å². The number of aromatic hydroxyl groups is 1. The minimum absolute atomic E-state index is 0.106. The van der Waals surface area contributed by atoms with Crippen LogP contribution in [0.5, 0.6) is 5.75 Å². The molecule has 0 bridgehead atoms. The molecule has 0 aliphatic carbocycles. The fourth-order valence-corrected chi connectivity index (χ4v) is 1.34. The molecule has 17 heavy (non-hydrogen) atoms. The van der Waals surface area contributed by atoms with Gasteiger partial charge >= 0.3 is 0 Å². The average molecular weight is 236 g/mol. The topological polar surface area (TPSA) is 78.4 Å². The summed E-state index contributed by atoms with van der Waals surface area (Å²) in [5, 5.41) is 14.5. The Hall–Kier alpha value is -2.04. The monoisotopic (exact) mass is 236 g/mol. The standard InChI is InChI=1S/C12H16N2O3/c1-13-11(16)6-7-14-12(17)8-9-4-2-3-5-10(9)15/h2-5,15H,6-8H2,1H3,(H,13,16)(H,14,17). The van der Waals surface area contributed by atoms with E-state index in [-0.39, 0.29) is 30.4 Å². The molecule has 3 N–H and O–H groups in total. The molecule has 5 heteroatoms. The minimum Gasteiger partial charge on any atom is -0.508 e. The summed E-state index contributed by atoms with van der Waals surface area (Å²) in [4.78, 5) is 22.4. The molecule has 1 aromatic rings. The van der Waals surface area contributed by atoms with Gasteiger partial charge in [0.05, 0.1) is 6.42 Å². The van der Waals surface area contributed by atoms with Gasteiger partial charge in [-0.25, -0.2) is 0 Å². The number of hydrogen-bond donors (Lipinski definition) is 3. The lowest BCUT2D eigenvalue weighted by Gasteiger charge is -2.06. The van der Waals surface area contributed by atoms with Crippen LogP contribution < -0.4 is 10.6 Å². The molecule has 0 radical (unpaired) electrons. The number of carbonyl (C=O) groups excluding carboxylic acids is 2. The summed E-state index contributed by atoms with van der Waals surface area (Å²) in [5.74, 6) is -0.225. The third-order valence-electron chi connectivity index (χ3n) is 2.30. The summed E-state index contributed by atoms with van der Waals surface area (Å²) in [6.45, 7) is 0.298. The highest BCUT2D eigenvalue weighted by Gasteiger charge is 2.07. The first kappa shape index (κ1) is 13.0. The number of hydrogen-bond acceptors (Lipinski definition) is 3. The maximum atomic E-state index is 11.5. The molecule has 5 nitrogen and oxygen atoms in total. The van der Waals surface area contributed by atoms with E-state index in [9.17, 15) is 14.7 Å². The molecule has 0 aliphatic heterocycles. The third-order valence-corrected chi connectivity index (χ3v) is 2.30. The zero-order valence-electron chi connectivity index (χ0n) is 9.69. The Morgan fingerprint density at radius 1 is 1.24 bits per heavy atom. The van der Waals surface area contributed by atoms with Crippen molar-refractivity contribution in [2.75, 3.05) is 13.6 Å².